The van der Waals surface area contributed by atoms with Crippen molar-refractivity contribution in [1.82, 2.24) is 10.2 Å². The number of hydrogen-bond donors (Lipinski definition) is 2. The van der Waals surface area contributed by atoms with Crippen molar-refractivity contribution in [3.05, 3.63) is 12.2 Å². The van der Waals surface area contributed by atoms with Crippen molar-refractivity contribution in [2.45, 2.75) is 38.8 Å². The molecule has 5 nitrogen and oxygen atoms in total. The smallest absolute Gasteiger partial charge is 0.225 e. The van der Waals surface area contributed by atoms with Crippen LogP contribution < -0.4 is 5.32 Å². The lowest BCUT2D eigenvalue weighted by atomic mass is 10.1. The van der Waals surface area contributed by atoms with E-state index >= 15 is 0 Å². The molecule has 0 aromatic carbocycles. The van der Waals surface area contributed by atoms with Gasteiger partial charge in [-0.05, 0) is 20.3 Å². The Morgan fingerprint density at radius 1 is 1.53 bits per heavy atom. The third-order valence-corrected chi connectivity index (χ3v) is 3.89. The number of hydrogen-bond acceptors (Lipinski definition) is 3. The fourth-order valence-electron chi connectivity index (χ4n) is 2.72. The van der Waals surface area contributed by atoms with Crippen LogP contribution in [0, 0.1) is 11.8 Å². The second kappa shape index (κ2) is 5.74. The summed E-state index contributed by atoms with van der Waals surface area (Å²) in [5.74, 6) is -0.0887. The second-order valence-corrected chi connectivity index (χ2v) is 5.72. The molecule has 0 aromatic heterocycles. The first-order valence-electron chi connectivity index (χ1n) is 6.90. The lowest BCUT2D eigenvalue weighted by molar-refractivity contribution is -0.130. The van der Waals surface area contributed by atoms with Crippen LogP contribution in [0.4, 0.5) is 0 Å². The van der Waals surface area contributed by atoms with Gasteiger partial charge in [0.05, 0.1) is 5.92 Å². The summed E-state index contributed by atoms with van der Waals surface area (Å²) in [6.45, 7) is 4.56. The fourth-order valence-corrected chi connectivity index (χ4v) is 2.72. The summed E-state index contributed by atoms with van der Waals surface area (Å²) in [6, 6.07) is 0.142. The number of carbonyl (C=O) groups is 2. The van der Waals surface area contributed by atoms with Crippen molar-refractivity contribution in [1.29, 1.82) is 0 Å². The molecular weight excluding hydrogens is 244 g/mol. The molecule has 1 unspecified atom stereocenters. The third-order valence-electron chi connectivity index (χ3n) is 3.89. The summed E-state index contributed by atoms with van der Waals surface area (Å²) in [5, 5.41) is 12.0. The van der Waals surface area contributed by atoms with E-state index in [2.05, 4.69) is 5.32 Å². The molecule has 5 heteroatoms. The van der Waals surface area contributed by atoms with Gasteiger partial charge in [-0.15, -0.1) is 0 Å². The molecule has 1 heterocycles. The Kier molecular flexibility index (Phi) is 4.24. The van der Waals surface area contributed by atoms with Crippen LogP contribution in [0.25, 0.3) is 0 Å². The number of nitrogens with zero attached hydrogens (tertiary/aromatic N) is 1. The molecule has 1 aliphatic heterocycles. The van der Waals surface area contributed by atoms with Crippen molar-refractivity contribution in [2.24, 2.45) is 11.8 Å². The Hall–Kier alpha value is -1.36. The van der Waals surface area contributed by atoms with Gasteiger partial charge in [-0.1, -0.05) is 12.2 Å². The van der Waals surface area contributed by atoms with E-state index in [1.807, 2.05) is 26.0 Å². The van der Waals surface area contributed by atoms with Gasteiger partial charge in [-0.2, -0.15) is 0 Å². The number of carbonyl (C=O) groups excluding carboxylic acids is 2. The normalized spacial score (nSPS) is 30.4. The molecule has 3 atom stereocenters. The third kappa shape index (κ3) is 3.15. The van der Waals surface area contributed by atoms with Gasteiger partial charge in [0.1, 0.15) is 0 Å². The molecule has 2 N–H and O–H groups in total. The first-order chi connectivity index (χ1) is 9.01. The standard InChI is InChI=1S/C14H22N2O3/c1-9(2)16-7-11(6-13(16)18)14(19)15-12-4-3-10(5-12)8-17/h3-4,9-12,17H,5-8H2,1-2H3,(H,15,19)/t10-,11?,12+/m0/s1. The topological polar surface area (TPSA) is 69.6 Å². The highest BCUT2D eigenvalue weighted by Gasteiger charge is 2.36. The molecule has 1 aliphatic carbocycles. The van der Waals surface area contributed by atoms with Crippen LogP contribution in [0.5, 0.6) is 0 Å². The van der Waals surface area contributed by atoms with E-state index in [-0.39, 0.29) is 42.3 Å². The summed E-state index contributed by atoms with van der Waals surface area (Å²) >= 11 is 0. The van der Waals surface area contributed by atoms with Crippen LogP contribution >= 0.6 is 0 Å². The largest absolute Gasteiger partial charge is 0.396 e. The minimum Gasteiger partial charge on any atom is -0.396 e. The Labute approximate surface area is 113 Å². The summed E-state index contributed by atoms with van der Waals surface area (Å²) in [4.78, 5) is 25.6. The van der Waals surface area contributed by atoms with E-state index in [1.54, 1.807) is 4.90 Å². The predicted octanol–water partition coefficient (Wildman–Crippen LogP) is 0.297. The van der Waals surface area contributed by atoms with E-state index in [9.17, 15) is 9.59 Å². The maximum absolute atomic E-state index is 12.1. The Morgan fingerprint density at radius 2 is 2.26 bits per heavy atom. The van der Waals surface area contributed by atoms with Gasteiger partial charge < -0.3 is 15.3 Å². The highest BCUT2D eigenvalue weighted by atomic mass is 16.3. The first kappa shape index (κ1) is 14.1. The van der Waals surface area contributed by atoms with Crippen molar-refractivity contribution >= 4 is 11.8 Å². The molecule has 1 fully saturated rings. The van der Waals surface area contributed by atoms with E-state index in [0.29, 0.717) is 13.0 Å². The number of nitrogens with one attached hydrogen (secondary N) is 1. The maximum atomic E-state index is 12.1. The molecular formula is C14H22N2O3. The van der Waals surface area contributed by atoms with Crippen LogP contribution in [0.15, 0.2) is 12.2 Å². The second-order valence-electron chi connectivity index (χ2n) is 5.72. The Balaban J connectivity index is 1.85. The fraction of sp³-hybridized carbons (Fsp3) is 0.714. The highest BCUT2D eigenvalue weighted by Crippen LogP contribution is 2.22. The zero-order chi connectivity index (χ0) is 14.0. The van der Waals surface area contributed by atoms with Crippen LogP contribution in [0.3, 0.4) is 0 Å². The Morgan fingerprint density at radius 3 is 2.79 bits per heavy atom. The predicted molar refractivity (Wildman–Crippen MR) is 71.2 cm³/mol. The van der Waals surface area contributed by atoms with Crippen LogP contribution in [-0.4, -0.2) is 47.1 Å². The summed E-state index contributed by atoms with van der Waals surface area (Å²) < 4.78 is 0. The van der Waals surface area contributed by atoms with E-state index < -0.39 is 0 Å². The number of likely N-dealkylation sites (tertiary alicyclic amines) is 1. The number of amides is 2. The Bertz CT molecular complexity index is 392. The quantitative estimate of drug-likeness (QED) is 0.719. The molecule has 19 heavy (non-hydrogen) atoms. The van der Waals surface area contributed by atoms with Gasteiger partial charge in [-0.25, -0.2) is 0 Å². The molecule has 2 rings (SSSR count). The lowest BCUT2D eigenvalue weighted by Gasteiger charge is -2.21. The summed E-state index contributed by atoms with van der Waals surface area (Å²) in [6.07, 6.45) is 4.92. The molecule has 0 radical (unpaired) electrons. The van der Waals surface area contributed by atoms with Gasteiger partial charge in [0.15, 0.2) is 0 Å². The van der Waals surface area contributed by atoms with Gasteiger partial charge in [0.25, 0.3) is 0 Å². The summed E-state index contributed by atoms with van der Waals surface area (Å²) in [7, 11) is 0. The van der Waals surface area contributed by atoms with Crippen molar-refractivity contribution in [3.8, 4) is 0 Å². The molecule has 106 valence electrons. The average molecular weight is 266 g/mol. The van der Waals surface area contributed by atoms with Gasteiger partial charge in [0, 0.05) is 37.6 Å². The van der Waals surface area contributed by atoms with Crippen LogP contribution in [0.2, 0.25) is 0 Å². The van der Waals surface area contributed by atoms with Gasteiger partial charge >= 0.3 is 0 Å². The molecule has 0 spiro atoms. The minimum atomic E-state index is -0.239. The minimum absolute atomic E-state index is 0.00662. The highest BCUT2D eigenvalue weighted by molar-refractivity contribution is 5.89. The van der Waals surface area contributed by atoms with E-state index in [4.69, 9.17) is 5.11 Å². The first-order valence-corrected chi connectivity index (χ1v) is 6.90. The molecule has 0 bridgehead atoms. The zero-order valence-electron chi connectivity index (χ0n) is 11.5. The lowest BCUT2D eigenvalue weighted by Crippen LogP contribution is -2.39. The number of aliphatic hydroxyl groups is 1. The average Bonchev–Trinajstić information content (AvgIpc) is 2.95. The molecule has 0 saturated carbocycles. The molecule has 2 aliphatic rings. The van der Waals surface area contributed by atoms with Crippen LogP contribution in [0.1, 0.15) is 26.7 Å². The molecule has 1 saturated heterocycles. The van der Waals surface area contributed by atoms with Crippen LogP contribution in [-0.2, 0) is 9.59 Å². The molecule has 0 aromatic rings. The van der Waals surface area contributed by atoms with Crippen molar-refractivity contribution in [2.75, 3.05) is 13.2 Å². The number of rotatable bonds is 4. The maximum Gasteiger partial charge on any atom is 0.225 e. The summed E-state index contributed by atoms with van der Waals surface area (Å²) in [5.41, 5.74) is 0. The molecule has 2 amide bonds. The van der Waals surface area contributed by atoms with Crippen molar-refractivity contribution < 1.29 is 14.7 Å². The van der Waals surface area contributed by atoms with Gasteiger partial charge in [0.2, 0.25) is 11.8 Å². The van der Waals surface area contributed by atoms with E-state index in [0.717, 1.165) is 6.42 Å². The van der Waals surface area contributed by atoms with E-state index in [1.165, 1.54) is 0 Å². The van der Waals surface area contributed by atoms with Gasteiger partial charge in [-0.3, -0.25) is 9.59 Å². The van der Waals surface area contributed by atoms with Crippen molar-refractivity contribution in [3.63, 3.8) is 0 Å². The zero-order valence-corrected chi connectivity index (χ0v) is 11.5. The SMILES string of the molecule is CC(C)N1CC(C(=O)N[C@@H]2C=C[C@H](CO)C2)CC1=O. The monoisotopic (exact) mass is 266 g/mol. The number of aliphatic hydroxyl groups excluding tert-OH is 1.